The molecule has 0 fully saturated rings. The number of likely N-dealkylation sites (N-methyl/N-ethyl adjacent to an activating group) is 1. The second-order valence-electron chi connectivity index (χ2n) is 5.04. The van der Waals surface area contributed by atoms with Gasteiger partial charge in [0, 0.05) is 31.6 Å². The Morgan fingerprint density at radius 2 is 1.78 bits per heavy atom. The summed E-state index contributed by atoms with van der Waals surface area (Å²) >= 11 is 0. The topological polar surface area (TPSA) is 53.1 Å². The van der Waals surface area contributed by atoms with Crippen LogP contribution < -0.4 is 10.6 Å². The molecule has 0 aromatic carbocycles. The number of nitrogens with one attached hydrogen (secondary N) is 2. The predicted molar refractivity (Wildman–Crippen MR) is 77.4 cm³/mol. The van der Waals surface area contributed by atoms with Gasteiger partial charge in [-0.1, -0.05) is 13.8 Å². The fraction of sp³-hybridized carbons (Fsp3) is 0.692. The van der Waals surface area contributed by atoms with Crippen LogP contribution in [0.3, 0.4) is 0 Å². The van der Waals surface area contributed by atoms with Gasteiger partial charge in [0.15, 0.2) is 0 Å². The molecule has 1 aromatic heterocycles. The highest BCUT2D eigenvalue weighted by Gasteiger charge is 2.11. The molecule has 5 nitrogen and oxygen atoms in total. The van der Waals surface area contributed by atoms with Gasteiger partial charge in [-0.25, -0.2) is 9.97 Å². The van der Waals surface area contributed by atoms with Gasteiger partial charge >= 0.3 is 0 Å². The van der Waals surface area contributed by atoms with E-state index in [4.69, 9.17) is 0 Å². The van der Waals surface area contributed by atoms with E-state index in [1.165, 1.54) is 0 Å². The minimum Gasteiger partial charge on any atom is -0.373 e. The fourth-order valence-electron chi connectivity index (χ4n) is 1.61. The van der Waals surface area contributed by atoms with E-state index in [1.54, 1.807) is 0 Å². The zero-order valence-electron chi connectivity index (χ0n) is 12.3. The standard InChI is InChI=1S/C13H25N5/c1-9(2)11-16-12(14-4)10(3)13(17-11)15-7-8-18(5)6/h9H,7-8H2,1-6H3,(H2,14,15,16,17). The molecule has 0 aliphatic rings. The summed E-state index contributed by atoms with van der Waals surface area (Å²) in [6.07, 6.45) is 0. The maximum atomic E-state index is 4.60. The molecule has 5 heteroatoms. The fourth-order valence-corrected chi connectivity index (χ4v) is 1.61. The average Bonchev–Trinajstić information content (AvgIpc) is 2.30. The first-order valence-corrected chi connectivity index (χ1v) is 6.40. The van der Waals surface area contributed by atoms with Gasteiger partial charge in [0.05, 0.1) is 0 Å². The van der Waals surface area contributed by atoms with Gasteiger partial charge in [-0.15, -0.1) is 0 Å². The van der Waals surface area contributed by atoms with Crippen LogP contribution in [-0.4, -0.2) is 49.1 Å². The number of hydrogen-bond acceptors (Lipinski definition) is 5. The van der Waals surface area contributed by atoms with Crippen molar-refractivity contribution in [2.45, 2.75) is 26.7 Å². The normalized spacial score (nSPS) is 11.1. The molecule has 0 unspecified atom stereocenters. The summed E-state index contributed by atoms with van der Waals surface area (Å²) in [5.41, 5.74) is 1.07. The zero-order chi connectivity index (χ0) is 13.7. The van der Waals surface area contributed by atoms with Gasteiger partial charge in [-0.2, -0.15) is 0 Å². The lowest BCUT2D eigenvalue weighted by Crippen LogP contribution is -2.22. The van der Waals surface area contributed by atoms with Crippen molar-refractivity contribution < 1.29 is 0 Å². The molecule has 0 spiro atoms. The molecule has 0 bridgehead atoms. The smallest absolute Gasteiger partial charge is 0.135 e. The lowest BCUT2D eigenvalue weighted by molar-refractivity contribution is 0.425. The Balaban J connectivity index is 2.91. The van der Waals surface area contributed by atoms with Gasteiger partial charge in [0.2, 0.25) is 0 Å². The van der Waals surface area contributed by atoms with Crippen LogP contribution in [0.2, 0.25) is 0 Å². The molecule has 0 aliphatic carbocycles. The first-order chi connectivity index (χ1) is 8.45. The minimum atomic E-state index is 0.326. The van der Waals surface area contributed by atoms with Gasteiger partial charge < -0.3 is 15.5 Å². The summed E-state index contributed by atoms with van der Waals surface area (Å²) < 4.78 is 0. The van der Waals surface area contributed by atoms with E-state index in [9.17, 15) is 0 Å². The molecule has 0 amide bonds. The maximum absolute atomic E-state index is 4.60. The third kappa shape index (κ3) is 3.84. The van der Waals surface area contributed by atoms with Gasteiger partial charge in [-0.3, -0.25) is 0 Å². The van der Waals surface area contributed by atoms with Gasteiger partial charge in [0.1, 0.15) is 17.5 Å². The van der Waals surface area contributed by atoms with Crippen LogP contribution in [0.1, 0.15) is 31.2 Å². The molecule has 102 valence electrons. The first kappa shape index (κ1) is 14.7. The van der Waals surface area contributed by atoms with Crippen molar-refractivity contribution in [3.8, 4) is 0 Å². The van der Waals surface area contributed by atoms with E-state index >= 15 is 0 Å². The van der Waals surface area contributed by atoms with Crippen molar-refractivity contribution in [2.24, 2.45) is 0 Å². The highest BCUT2D eigenvalue weighted by molar-refractivity contribution is 5.57. The highest BCUT2D eigenvalue weighted by atomic mass is 15.1. The molecular weight excluding hydrogens is 226 g/mol. The highest BCUT2D eigenvalue weighted by Crippen LogP contribution is 2.22. The summed E-state index contributed by atoms with van der Waals surface area (Å²) in [6, 6.07) is 0. The van der Waals surface area contributed by atoms with Crippen molar-refractivity contribution >= 4 is 11.6 Å². The minimum absolute atomic E-state index is 0.326. The monoisotopic (exact) mass is 251 g/mol. The molecule has 2 N–H and O–H groups in total. The third-order valence-corrected chi connectivity index (χ3v) is 2.77. The van der Waals surface area contributed by atoms with Gasteiger partial charge in [0.25, 0.3) is 0 Å². The second-order valence-corrected chi connectivity index (χ2v) is 5.04. The Labute approximate surface area is 110 Å². The Kier molecular flexibility index (Phi) is 5.34. The van der Waals surface area contributed by atoms with Crippen molar-refractivity contribution in [2.75, 3.05) is 44.9 Å². The molecular formula is C13H25N5. The van der Waals surface area contributed by atoms with Crippen molar-refractivity contribution in [3.63, 3.8) is 0 Å². The average molecular weight is 251 g/mol. The van der Waals surface area contributed by atoms with Gasteiger partial charge in [-0.05, 0) is 21.0 Å². The summed E-state index contributed by atoms with van der Waals surface area (Å²) in [5, 5.41) is 6.51. The largest absolute Gasteiger partial charge is 0.373 e. The summed E-state index contributed by atoms with van der Waals surface area (Å²) in [6.45, 7) is 8.11. The van der Waals surface area contributed by atoms with E-state index in [0.717, 1.165) is 36.1 Å². The second kappa shape index (κ2) is 6.54. The van der Waals surface area contributed by atoms with Crippen LogP contribution in [0.15, 0.2) is 0 Å². The van der Waals surface area contributed by atoms with E-state index in [0.29, 0.717) is 5.92 Å². The number of hydrogen-bond donors (Lipinski definition) is 2. The van der Waals surface area contributed by atoms with Crippen molar-refractivity contribution in [1.82, 2.24) is 14.9 Å². The van der Waals surface area contributed by atoms with E-state index < -0.39 is 0 Å². The molecule has 0 saturated heterocycles. The predicted octanol–water partition coefficient (Wildman–Crippen LogP) is 1.92. The molecule has 1 rings (SSSR count). The van der Waals surface area contributed by atoms with Crippen LogP contribution in [0.5, 0.6) is 0 Å². The first-order valence-electron chi connectivity index (χ1n) is 6.40. The Hall–Kier alpha value is -1.36. The van der Waals surface area contributed by atoms with Crippen LogP contribution in [0, 0.1) is 6.92 Å². The van der Waals surface area contributed by atoms with E-state index in [-0.39, 0.29) is 0 Å². The molecule has 0 atom stereocenters. The molecule has 0 aliphatic heterocycles. The van der Waals surface area contributed by atoms with Crippen LogP contribution in [0.4, 0.5) is 11.6 Å². The lowest BCUT2D eigenvalue weighted by atomic mass is 10.2. The summed E-state index contributed by atoms with van der Waals surface area (Å²) in [5.74, 6) is 3.03. The number of aromatic nitrogens is 2. The third-order valence-electron chi connectivity index (χ3n) is 2.77. The summed E-state index contributed by atoms with van der Waals surface area (Å²) in [7, 11) is 6.02. The van der Waals surface area contributed by atoms with E-state index in [1.807, 2.05) is 14.0 Å². The lowest BCUT2D eigenvalue weighted by Gasteiger charge is -2.16. The number of rotatable bonds is 6. The van der Waals surface area contributed by atoms with Crippen LogP contribution in [0.25, 0.3) is 0 Å². The van der Waals surface area contributed by atoms with Crippen LogP contribution in [-0.2, 0) is 0 Å². The Morgan fingerprint density at radius 1 is 1.17 bits per heavy atom. The Bertz CT molecular complexity index is 387. The number of anilines is 2. The number of nitrogens with zero attached hydrogens (tertiary/aromatic N) is 3. The molecule has 0 saturated carbocycles. The van der Waals surface area contributed by atoms with E-state index in [2.05, 4.69) is 53.4 Å². The zero-order valence-corrected chi connectivity index (χ0v) is 12.3. The Morgan fingerprint density at radius 3 is 2.28 bits per heavy atom. The maximum Gasteiger partial charge on any atom is 0.135 e. The van der Waals surface area contributed by atoms with Crippen molar-refractivity contribution in [1.29, 1.82) is 0 Å². The SMILES string of the molecule is CNc1nc(C(C)C)nc(NCCN(C)C)c1C. The molecule has 1 aromatic rings. The molecule has 0 radical (unpaired) electrons. The summed E-state index contributed by atoms with van der Waals surface area (Å²) in [4.78, 5) is 11.3. The van der Waals surface area contributed by atoms with Crippen LogP contribution >= 0.6 is 0 Å². The molecule has 1 heterocycles. The van der Waals surface area contributed by atoms with Crippen molar-refractivity contribution in [3.05, 3.63) is 11.4 Å². The molecule has 18 heavy (non-hydrogen) atoms. The quantitative estimate of drug-likeness (QED) is 0.809.